The summed E-state index contributed by atoms with van der Waals surface area (Å²) >= 11 is 0. The monoisotopic (exact) mass is 239 g/mol. The molecule has 0 amide bonds. The van der Waals surface area contributed by atoms with Crippen LogP contribution in [0.3, 0.4) is 0 Å². The maximum absolute atomic E-state index is 12.3. The highest BCUT2D eigenvalue weighted by atomic mass is 16.1. The lowest BCUT2D eigenvalue weighted by atomic mass is 9.98. The molecular weight excluding hydrogens is 222 g/mol. The van der Waals surface area contributed by atoms with E-state index in [9.17, 15) is 4.79 Å². The van der Waals surface area contributed by atoms with Crippen molar-refractivity contribution < 1.29 is 4.79 Å². The van der Waals surface area contributed by atoms with E-state index >= 15 is 0 Å². The largest absolute Gasteiger partial charge is 0.294 e. The number of pyridine rings is 1. The van der Waals surface area contributed by atoms with Gasteiger partial charge in [0.2, 0.25) is 0 Å². The van der Waals surface area contributed by atoms with Crippen LogP contribution in [0.4, 0.5) is 0 Å². The summed E-state index contributed by atoms with van der Waals surface area (Å²) in [4.78, 5) is 16.3. The minimum absolute atomic E-state index is 0.167. The van der Waals surface area contributed by atoms with Crippen molar-refractivity contribution in [2.24, 2.45) is 0 Å². The van der Waals surface area contributed by atoms with Gasteiger partial charge in [0.25, 0.3) is 0 Å². The zero-order chi connectivity index (χ0) is 13.0. The molecule has 0 atom stereocenters. The first-order chi connectivity index (χ1) is 8.70. The summed E-state index contributed by atoms with van der Waals surface area (Å²) in [6.07, 6.45) is 4.76. The van der Waals surface area contributed by atoms with Gasteiger partial charge in [-0.05, 0) is 30.5 Å². The highest BCUT2D eigenvalue weighted by Crippen LogP contribution is 2.13. The standard InChI is InChI=1S/C16H17NO/c1-3-14-11-17-8-7-15(14)16(18)10-13-6-4-5-12(2)9-13/h4-9,11H,3,10H2,1-2H3. The Morgan fingerprint density at radius 2 is 2.11 bits per heavy atom. The topological polar surface area (TPSA) is 30.0 Å². The Morgan fingerprint density at radius 3 is 2.83 bits per heavy atom. The fraction of sp³-hybridized carbons (Fsp3) is 0.250. The fourth-order valence-corrected chi connectivity index (χ4v) is 2.08. The van der Waals surface area contributed by atoms with E-state index in [0.717, 1.165) is 23.1 Å². The molecule has 0 spiro atoms. The van der Waals surface area contributed by atoms with Crippen LogP contribution in [0.1, 0.15) is 34.0 Å². The molecule has 18 heavy (non-hydrogen) atoms. The summed E-state index contributed by atoms with van der Waals surface area (Å²) < 4.78 is 0. The van der Waals surface area contributed by atoms with Gasteiger partial charge in [0.05, 0.1) is 0 Å². The summed E-state index contributed by atoms with van der Waals surface area (Å²) in [5.41, 5.74) is 4.08. The lowest BCUT2D eigenvalue weighted by molar-refractivity contribution is 0.0992. The number of aromatic nitrogens is 1. The van der Waals surface area contributed by atoms with Crippen molar-refractivity contribution in [3.8, 4) is 0 Å². The number of carbonyl (C=O) groups excluding carboxylic acids is 1. The molecule has 0 saturated carbocycles. The molecule has 0 aliphatic rings. The Kier molecular flexibility index (Phi) is 3.88. The number of Topliss-reactive ketones (excluding diaryl/α,β-unsaturated/α-hetero) is 1. The number of nitrogens with zero attached hydrogens (tertiary/aromatic N) is 1. The van der Waals surface area contributed by atoms with Crippen molar-refractivity contribution in [3.05, 3.63) is 65.0 Å². The molecule has 0 N–H and O–H groups in total. The van der Waals surface area contributed by atoms with E-state index < -0.39 is 0 Å². The van der Waals surface area contributed by atoms with Gasteiger partial charge in [0.1, 0.15) is 0 Å². The van der Waals surface area contributed by atoms with Crippen molar-refractivity contribution in [3.63, 3.8) is 0 Å². The van der Waals surface area contributed by atoms with Gasteiger partial charge in [0.15, 0.2) is 5.78 Å². The molecule has 0 aliphatic heterocycles. The van der Waals surface area contributed by atoms with E-state index in [2.05, 4.69) is 11.1 Å². The molecule has 0 aliphatic carbocycles. The van der Waals surface area contributed by atoms with Gasteiger partial charge >= 0.3 is 0 Å². The van der Waals surface area contributed by atoms with Gasteiger partial charge in [-0.3, -0.25) is 9.78 Å². The second kappa shape index (κ2) is 5.58. The lowest BCUT2D eigenvalue weighted by Crippen LogP contribution is -2.07. The number of benzene rings is 1. The number of ketones is 1. The molecule has 0 radical (unpaired) electrons. The molecule has 0 saturated heterocycles. The highest BCUT2D eigenvalue weighted by Gasteiger charge is 2.10. The molecule has 2 rings (SSSR count). The zero-order valence-corrected chi connectivity index (χ0v) is 10.8. The third-order valence-electron chi connectivity index (χ3n) is 3.03. The molecule has 2 nitrogen and oxygen atoms in total. The minimum Gasteiger partial charge on any atom is -0.294 e. The Hall–Kier alpha value is -1.96. The third-order valence-corrected chi connectivity index (χ3v) is 3.03. The third kappa shape index (κ3) is 2.83. The van der Waals surface area contributed by atoms with Crippen LogP contribution in [-0.2, 0) is 12.8 Å². The molecule has 0 bridgehead atoms. The second-order valence-electron chi connectivity index (χ2n) is 4.48. The summed E-state index contributed by atoms with van der Waals surface area (Å²) in [5.74, 6) is 0.167. The second-order valence-corrected chi connectivity index (χ2v) is 4.48. The van der Waals surface area contributed by atoms with Gasteiger partial charge < -0.3 is 0 Å². The molecule has 1 heterocycles. The Labute approximate surface area is 108 Å². The van der Waals surface area contributed by atoms with Crippen molar-refractivity contribution >= 4 is 5.78 Å². The predicted molar refractivity (Wildman–Crippen MR) is 72.8 cm³/mol. The number of rotatable bonds is 4. The first-order valence-electron chi connectivity index (χ1n) is 6.22. The Bertz CT molecular complexity index is 561. The van der Waals surface area contributed by atoms with Gasteiger partial charge in [-0.1, -0.05) is 36.8 Å². The van der Waals surface area contributed by atoms with Crippen molar-refractivity contribution in [1.82, 2.24) is 4.98 Å². The van der Waals surface area contributed by atoms with Crippen LogP contribution in [0, 0.1) is 6.92 Å². The van der Waals surface area contributed by atoms with Crippen LogP contribution in [0.5, 0.6) is 0 Å². The average molecular weight is 239 g/mol. The van der Waals surface area contributed by atoms with Gasteiger partial charge in [-0.15, -0.1) is 0 Å². The average Bonchev–Trinajstić information content (AvgIpc) is 2.38. The molecule has 2 aromatic rings. The number of carbonyl (C=O) groups is 1. The van der Waals surface area contributed by atoms with E-state index in [-0.39, 0.29) is 5.78 Å². The number of hydrogen-bond acceptors (Lipinski definition) is 2. The van der Waals surface area contributed by atoms with Crippen LogP contribution < -0.4 is 0 Å². The van der Waals surface area contributed by atoms with Crippen LogP contribution >= 0.6 is 0 Å². The molecule has 1 aromatic heterocycles. The van der Waals surface area contributed by atoms with Crippen LogP contribution in [-0.4, -0.2) is 10.8 Å². The summed E-state index contributed by atoms with van der Waals surface area (Å²) in [7, 11) is 0. The normalized spacial score (nSPS) is 10.3. The minimum atomic E-state index is 0.167. The SMILES string of the molecule is CCc1cnccc1C(=O)Cc1cccc(C)c1. The van der Waals surface area contributed by atoms with Crippen molar-refractivity contribution in [2.75, 3.05) is 0 Å². The van der Waals surface area contributed by atoms with E-state index in [4.69, 9.17) is 0 Å². The van der Waals surface area contributed by atoms with E-state index in [1.54, 1.807) is 12.4 Å². The maximum Gasteiger partial charge on any atom is 0.167 e. The summed E-state index contributed by atoms with van der Waals surface area (Å²) in [6.45, 7) is 4.08. The lowest BCUT2D eigenvalue weighted by Gasteiger charge is -2.06. The smallest absolute Gasteiger partial charge is 0.167 e. The summed E-state index contributed by atoms with van der Waals surface area (Å²) in [5, 5.41) is 0. The number of aryl methyl sites for hydroxylation is 2. The number of hydrogen-bond donors (Lipinski definition) is 0. The van der Waals surface area contributed by atoms with Gasteiger partial charge in [-0.2, -0.15) is 0 Å². The van der Waals surface area contributed by atoms with Crippen LogP contribution in [0.2, 0.25) is 0 Å². The van der Waals surface area contributed by atoms with Crippen LogP contribution in [0.25, 0.3) is 0 Å². The molecular formula is C16H17NO. The molecule has 92 valence electrons. The van der Waals surface area contributed by atoms with Crippen molar-refractivity contribution in [1.29, 1.82) is 0 Å². The predicted octanol–water partition coefficient (Wildman–Crippen LogP) is 3.38. The highest BCUT2D eigenvalue weighted by molar-refractivity contribution is 5.98. The van der Waals surface area contributed by atoms with E-state index in [1.807, 2.05) is 38.1 Å². The molecule has 0 unspecified atom stereocenters. The zero-order valence-electron chi connectivity index (χ0n) is 10.8. The fourth-order valence-electron chi connectivity index (χ4n) is 2.08. The molecule has 2 heteroatoms. The molecule has 1 aromatic carbocycles. The van der Waals surface area contributed by atoms with Crippen molar-refractivity contribution in [2.45, 2.75) is 26.7 Å². The van der Waals surface area contributed by atoms with E-state index in [1.165, 1.54) is 5.56 Å². The van der Waals surface area contributed by atoms with Gasteiger partial charge in [0, 0.05) is 24.4 Å². The first kappa shape index (κ1) is 12.5. The van der Waals surface area contributed by atoms with Gasteiger partial charge in [-0.25, -0.2) is 0 Å². The summed E-state index contributed by atoms with van der Waals surface area (Å²) in [6, 6.07) is 9.91. The quantitative estimate of drug-likeness (QED) is 0.766. The van der Waals surface area contributed by atoms with E-state index in [0.29, 0.717) is 6.42 Å². The molecule has 0 fully saturated rings. The van der Waals surface area contributed by atoms with Crippen LogP contribution in [0.15, 0.2) is 42.7 Å². The Balaban J connectivity index is 2.22. The Morgan fingerprint density at radius 1 is 1.28 bits per heavy atom. The maximum atomic E-state index is 12.3. The first-order valence-corrected chi connectivity index (χ1v) is 6.22.